The third-order valence-electron chi connectivity index (χ3n) is 4.00. The van der Waals surface area contributed by atoms with Gasteiger partial charge in [0.1, 0.15) is 0 Å². The van der Waals surface area contributed by atoms with Crippen molar-refractivity contribution in [3.63, 3.8) is 0 Å². The molecule has 1 fully saturated rings. The lowest BCUT2D eigenvalue weighted by molar-refractivity contribution is -0.116. The second-order valence-electron chi connectivity index (χ2n) is 5.75. The van der Waals surface area contributed by atoms with E-state index in [9.17, 15) is 4.79 Å². The zero-order chi connectivity index (χ0) is 14.2. The maximum Gasteiger partial charge on any atom is 0.224 e. The number of benzene rings is 1. The summed E-state index contributed by atoms with van der Waals surface area (Å²) in [7, 11) is 0. The number of aryl methyl sites for hydroxylation is 1. The first kappa shape index (κ1) is 15.0. The number of nitrogens with one attached hydrogen (secondary N) is 2. The van der Waals surface area contributed by atoms with Gasteiger partial charge in [0.15, 0.2) is 0 Å². The van der Waals surface area contributed by atoms with E-state index in [2.05, 4.69) is 29.7 Å². The third-order valence-corrected chi connectivity index (χ3v) is 4.00. The summed E-state index contributed by atoms with van der Waals surface area (Å²) in [6, 6.07) is 8.26. The molecule has 3 heteroatoms. The standard InChI is InChI=1S/C17H26N2O/c1-2-3-4-14-5-8-16(9-6-14)19-17(20)10-7-15-11-12-18-13-15/h5-6,8-9,15,18H,2-4,7,10-13H2,1H3,(H,19,20). The van der Waals surface area contributed by atoms with Gasteiger partial charge in [-0.15, -0.1) is 0 Å². The number of unbranched alkanes of at least 4 members (excludes halogenated alkanes) is 1. The van der Waals surface area contributed by atoms with E-state index >= 15 is 0 Å². The van der Waals surface area contributed by atoms with E-state index in [4.69, 9.17) is 0 Å². The average molecular weight is 274 g/mol. The van der Waals surface area contributed by atoms with Gasteiger partial charge in [0.05, 0.1) is 0 Å². The lowest BCUT2D eigenvalue weighted by Crippen LogP contribution is -2.15. The average Bonchev–Trinajstić information content (AvgIpc) is 2.98. The van der Waals surface area contributed by atoms with Crippen LogP contribution < -0.4 is 10.6 Å². The molecule has 0 radical (unpaired) electrons. The fourth-order valence-electron chi connectivity index (χ4n) is 2.66. The molecule has 0 aromatic heterocycles. The molecule has 1 unspecified atom stereocenters. The zero-order valence-electron chi connectivity index (χ0n) is 12.5. The SMILES string of the molecule is CCCCc1ccc(NC(=O)CCC2CCNC2)cc1. The van der Waals surface area contributed by atoms with Crippen LogP contribution >= 0.6 is 0 Å². The Morgan fingerprint density at radius 1 is 1.35 bits per heavy atom. The van der Waals surface area contributed by atoms with Crippen molar-refractivity contribution in [3.8, 4) is 0 Å². The summed E-state index contributed by atoms with van der Waals surface area (Å²) in [5, 5.41) is 6.33. The molecule has 0 spiro atoms. The molecule has 20 heavy (non-hydrogen) atoms. The summed E-state index contributed by atoms with van der Waals surface area (Å²) >= 11 is 0. The zero-order valence-corrected chi connectivity index (χ0v) is 12.5. The van der Waals surface area contributed by atoms with Gasteiger partial charge in [-0.05, 0) is 62.4 Å². The first-order valence-electron chi connectivity index (χ1n) is 7.87. The Morgan fingerprint density at radius 2 is 2.15 bits per heavy atom. The van der Waals surface area contributed by atoms with Crippen molar-refractivity contribution in [2.24, 2.45) is 5.92 Å². The first-order valence-corrected chi connectivity index (χ1v) is 7.87. The van der Waals surface area contributed by atoms with E-state index in [1.165, 1.54) is 24.8 Å². The molecule has 1 atom stereocenters. The quantitative estimate of drug-likeness (QED) is 0.800. The van der Waals surface area contributed by atoms with Gasteiger partial charge in [-0.25, -0.2) is 0 Å². The highest BCUT2D eigenvalue weighted by Gasteiger charge is 2.15. The first-order chi connectivity index (χ1) is 9.78. The van der Waals surface area contributed by atoms with Gasteiger partial charge in [0, 0.05) is 12.1 Å². The molecular formula is C17H26N2O. The summed E-state index contributed by atoms with van der Waals surface area (Å²) in [4.78, 5) is 11.9. The van der Waals surface area contributed by atoms with Crippen molar-refractivity contribution < 1.29 is 4.79 Å². The van der Waals surface area contributed by atoms with Crippen molar-refractivity contribution in [1.29, 1.82) is 0 Å². The van der Waals surface area contributed by atoms with E-state index < -0.39 is 0 Å². The fourth-order valence-corrected chi connectivity index (χ4v) is 2.66. The van der Waals surface area contributed by atoms with E-state index in [1.54, 1.807) is 0 Å². The Labute approximate surface area is 122 Å². The molecule has 110 valence electrons. The van der Waals surface area contributed by atoms with Crippen LogP contribution in [0.3, 0.4) is 0 Å². The van der Waals surface area contributed by atoms with Gasteiger partial charge in [0.2, 0.25) is 5.91 Å². The lowest BCUT2D eigenvalue weighted by atomic mass is 10.0. The number of anilines is 1. The maximum atomic E-state index is 11.9. The molecule has 2 N–H and O–H groups in total. The number of hydrogen-bond acceptors (Lipinski definition) is 2. The van der Waals surface area contributed by atoms with Crippen LogP contribution in [0.25, 0.3) is 0 Å². The Balaban J connectivity index is 1.72. The number of rotatable bonds is 7. The Hall–Kier alpha value is -1.35. The van der Waals surface area contributed by atoms with Crippen molar-refractivity contribution in [3.05, 3.63) is 29.8 Å². The van der Waals surface area contributed by atoms with Crippen LogP contribution in [0.2, 0.25) is 0 Å². The molecule has 1 aromatic carbocycles. The van der Waals surface area contributed by atoms with Gasteiger partial charge >= 0.3 is 0 Å². The van der Waals surface area contributed by atoms with Crippen LogP contribution in [0.15, 0.2) is 24.3 Å². The van der Waals surface area contributed by atoms with Crippen molar-refractivity contribution in [2.45, 2.75) is 45.4 Å². The summed E-state index contributed by atoms with van der Waals surface area (Å²) in [5.74, 6) is 0.815. The third kappa shape index (κ3) is 4.97. The highest BCUT2D eigenvalue weighted by Crippen LogP contribution is 2.16. The molecule has 1 amide bonds. The van der Waals surface area contributed by atoms with E-state index in [0.29, 0.717) is 12.3 Å². The van der Waals surface area contributed by atoms with Crippen LogP contribution in [0.4, 0.5) is 5.69 Å². The molecule has 0 aliphatic carbocycles. The van der Waals surface area contributed by atoms with Gasteiger partial charge in [-0.3, -0.25) is 4.79 Å². The largest absolute Gasteiger partial charge is 0.326 e. The molecule has 0 saturated carbocycles. The highest BCUT2D eigenvalue weighted by molar-refractivity contribution is 5.90. The lowest BCUT2D eigenvalue weighted by Gasteiger charge is -2.09. The minimum absolute atomic E-state index is 0.137. The number of carbonyl (C=O) groups excluding carboxylic acids is 1. The second kappa shape index (κ2) is 8.05. The molecule has 1 saturated heterocycles. The monoisotopic (exact) mass is 274 g/mol. The van der Waals surface area contributed by atoms with Gasteiger partial charge < -0.3 is 10.6 Å². The smallest absolute Gasteiger partial charge is 0.224 e. The Bertz CT molecular complexity index is 408. The molecule has 2 rings (SSSR count). The van der Waals surface area contributed by atoms with Crippen molar-refractivity contribution in [2.75, 3.05) is 18.4 Å². The molecule has 1 heterocycles. The van der Waals surface area contributed by atoms with Crippen LogP contribution in [0.1, 0.15) is 44.6 Å². The van der Waals surface area contributed by atoms with Gasteiger partial charge in [-0.1, -0.05) is 25.5 Å². The van der Waals surface area contributed by atoms with Crippen molar-refractivity contribution >= 4 is 11.6 Å². The Morgan fingerprint density at radius 3 is 2.80 bits per heavy atom. The van der Waals surface area contributed by atoms with E-state index in [1.807, 2.05) is 12.1 Å². The predicted molar refractivity (Wildman–Crippen MR) is 83.9 cm³/mol. The van der Waals surface area contributed by atoms with Crippen LogP contribution in [-0.2, 0) is 11.2 Å². The Kier molecular flexibility index (Phi) is 6.06. The van der Waals surface area contributed by atoms with E-state index in [-0.39, 0.29) is 5.91 Å². The van der Waals surface area contributed by atoms with E-state index in [0.717, 1.165) is 31.6 Å². The van der Waals surface area contributed by atoms with Crippen LogP contribution in [-0.4, -0.2) is 19.0 Å². The minimum Gasteiger partial charge on any atom is -0.326 e. The fraction of sp³-hybridized carbons (Fsp3) is 0.588. The molecule has 0 bridgehead atoms. The molecular weight excluding hydrogens is 248 g/mol. The van der Waals surface area contributed by atoms with Gasteiger partial charge in [0.25, 0.3) is 0 Å². The van der Waals surface area contributed by atoms with Crippen LogP contribution in [0, 0.1) is 5.92 Å². The predicted octanol–water partition coefficient (Wildman–Crippen LogP) is 3.36. The number of hydrogen-bond donors (Lipinski definition) is 2. The summed E-state index contributed by atoms with van der Waals surface area (Å²) in [6.45, 7) is 4.37. The van der Waals surface area contributed by atoms with Crippen LogP contribution in [0.5, 0.6) is 0 Å². The summed E-state index contributed by atoms with van der Waals surface area (Å²) < 4.78 is 0. The maximum absolute atomic E-state index is 11.9. The van der Waals surface area contributed by atoms with Crippen molar-refractivity contribution in [1.82, 2.24) is 5.32 Å². The molecule has 1 aromatic rings. The molecule has 1 aliphatic rings. The number of amides is 1. The molecule has 3 nitrogen and oxygen atoms in total. The number of carbonyl (C=O) groups is 1. The summed E-state index contributed by atoms with van der Waals surface area (Å²) in [6.07, 6.45) is 6.39. The highest BCUT2D eigenvalue weighted by atomic mass is 16.1. The minimum atomic E-state index is 0.137. The normalized spacial score (nSPS) is 18.1. The van der Waals surface area contributed by atoms with Gasteiger partial charge in [-0.2, -0.15) is 0 Å². The summed E-state index contributed by atoms with van der Waals surface area (Å²) in [5.41, 5.74) is 2.27. The topological polar surface area (TPSA) is 41.1 Å². The molecule has 1 aliphatic heterocycles. The second-order valence-corrected chi connectivity index (χ2v) is 5.75.